The van der Waals surface area contributed by atoms with Gasteiger partial charge in [-0.25, -0.2) is 4.79 Å². The maximum absolute atomic E-state index is 12.7. The first kappa shape index (κ1) is 22.7. The highest BCUT2D eigenvalue weighted by Crippen LogP contribution is 2.30. The Labute approximate surface area is 184 Å². The molecular formula is C24H31ClN2O3. The lowest BCUT2D eigenvalue weighted by atomic mass is 9.81. The Balaban J connectivity index is 1.70. The number of benzene rings is 1. The molecule has 0 aliphatic carbocycles. The number of pyridine rings is 1. The minimum Gasteiger partial charge on any atom is -0.365 e. The van der Waals surface area contributed by atoms with Crippen LogP contribution in [0.15, 0.2) is 42.6 Å². The molecule has 6 heteroatoms. The molecule has 1 aromatic heterocycles. The first-order valence-electron chi connectivity index (χ1n) is 10.6. The second kappa shape index (κ2) is 9.90. The third kappa shape index (κ3) is 5.39. The predicted octanol–water partition coefficient (Wildman–Crippen LogP) is 5.87. The van der Waals surface area contributed by atoms with Crippen LogP contribution >= 0.6 is 11.6 Å². The molecule has 1 aromatic carbocycles. The molecule has 2 heterocycles. The summed E-state index contributed by atoms with van der Waals surface area (Å²) >= 11 is 6.02. The molecule has 2 aromatic rings. The standard InChI is InChI=1S/C24H31ClN2O3/c1-17(2)24(3,4)23(28)30-27-15-6-5-9-22(27)29-16-21-20(8-7-14-26-21)18-10-12-19(25)13-11-18/h7-8,10-14,17,22H,5-6,9,15-16H2,1-4H3. The zero-order chi connectivity index (χ0) is 21.7. The van der Waals surface area contributed by atoms with Crippen LogP contribution in [0.4, 0.5) is 0 Å². The van der Waals surface area contributed by atoms with Crippen LogP contribution < -0.4 is 0 Å². The third-order valence-electron chi connectivity index (χ3n) is 6.03. The Bertz CT molecular complexity index is 852. The summed E-state index contributed by atoms with van der Waals surface area (Å²) in [6.45, 7) is 8.93. The van der Waals surface area contributed by atoms with E-state index in [0.717, 1.165) is 36.1 Å². The lowest BCUT2D eigenvalue weighted by Crippen LogP contribution is -2.45. The van der Waals surface area contributed by atoms with Crippen molar-refractivity contribution >= 4 is 17.6 Å². The summed E-state index contributed by atoms with van der Waals surface area (Å²) in [5, 5.41) is 2.41. The van der Waals surface area contributed by atoms with Gasteiger partial charge in [-0.3, -0.25) is 4.98 Å². The first-order valence-corrected chi connectivity index (χ1v) is 11.0. The zero-order valence-corrected chi connectivity index (χ0v) is 19.0. The van der Waals surface area contributed by atoms with Crippen molar-refractivity contribution in [3.63, 3.8) is 0 Å². The summed E-state index contributed by atoms with van der Waals surface area (Å²) in [4.78, 5) is 23.0. The van der Waals surface area contributed by atoms with E-state index in [2.05, 4.69) is 4.98 Å². The van der Waals surface area contributed by atoms with Crippen LogP contribution in [0, 0.1) is 11.3 Å². The lowest BCUT2D eigenvalue weighted by Gasteiger charge is -2.36. The normalized spacial score (nSPS) is 17.9. The van der Waals surface area contributed by atoms with E-state index >= 15 is 0 Å². The van der Waals surface area contributed by atoms with Gasteiger partial charge in [-0.05, 0) is 62.8 Å². The highest BCUT2D eigenvalue weighted by molar-refractivity contribution is 6.30. The molecule has 0 saturated carbocycles. The molecule has 1 unspecified atom stereocenters. The van der Waals surface area contributed by atoms with Crippen molar-refractivity contribution in [3.05, 3.63) is 53.3 Å². The van der Waals surface area contributed by atoms with Crippen molar-refractivity contribution < 1.29 is 14.4 Å². The van der Waals surface area contributed by atoms with Crippen LogP contribution in [0.2, 0.25) is 5.02 Å². The number of aromatic nitrogens is 1. The molecule has 1 saturated heterocycles. The number of piperidine rings is 1. The SMILES string of the molecule is CC(C)C(C)(C)C(=O)ON1CCCCC1OCc1ncccc1-c1ccc(Cl)cc1. The molecule has 3 rings (SSSR count). The summed E-state index contributed by atoms with van der Waals surface area (Å²) in [5.74, 6) is -0.0303. The van der Waals surface area contributed by atoms with E-state index in [9.17, 15) is 4.79 Å². The second-order valence-electron chi connectivity index (χ2n) is 8.66. The number of nitrogens with zero attached hydrogens (tertiary/aromatic N) is 2. The highest BCUT2D eigenvalue weighted by atomic mass is 35.5. The van der Waals surface area contributed by atoms with Gasteiger partial charge in [0, 0.05) is 23.3 Å². The van der Waals surface area contributed by atoms with E-state index in [1.807, 2.05) is 64.1 Å². The maximum Gasteiger partial charge on any atom is 0.330 e. The first-order chi connectivity index (χ1) is 14.3. The van der Waals surface area contributed by atoms with Crippen molar-refractivity contribution in [1.82, 2.24) is 10.0 Å². The molecule has 0 N–H and O–H groups in total. The van der Waals surface area contributed by atoms with Crippen molar-refractivity contribution in [2.45, 2.75) is 59.8 Å². The fourth-order valence-electron chi connectivity index (χ4n) is 3.23. The number of hydrogen-bond donors (Lipinski definition) is 0. The predicted molar refractivity (Wildman–Crippen MR) is 119 cm³/mol. The van der Waals surface area contributed by atoms with E-state index in [1.165, 1.54) is 0 Å². The molecule has 1 aliphatic heterocycles. The summed E-state index contributed by atoms with van der Waals surface area (Å²) in [6, 6.07) is 11.6. The zero-order valence-electron chi connectivity index (χ0n) is 18.2. The van der Waals surface area contributed by atoms with E-state index < -0.39 is 5.41 Å². The maximum atomic E-state index is 12.7. The molecule has 1 atom stereocenters. The van der Waals surface area contributed by atoms with E-state index in [-0.39, 0.29) is 18.1 Å². The second-order valence-corrected chi connectivity index (χ2v) is 9.10. The number of ether oxygens (including phenoxy) is 1. The summed E-state index contributed by atoms with van der Waals surface area (Å²) in [7, 11) is 0. The van der Waals surface area contributed by atoms with Gasteiger partial charge < -0.3 is 9.57 Å². The van der Waals surface area contributed by atoms with Crippen molar-refractivity contribution in [2.24, 2.45) is 11.3 Å². The van der Waals surface area contributed by atoms with Gasteiger partial charge >= 0.3 is 5.97 Å². The summed E-state index contributed by atoms with van der Waals surface area (Å²) in [6.07, 6.45) is 4.33. The van der Waals surface area contributed by atoms with Gasteiger partial charge in [0.1, 0.15) is 6.23 Å². The average molecular weight is 431 g/mol. The number of carbonyl (C=O) groups excluding carboxylic acids is 1. The van der Waals surface area contributed by atoms with Crippen LogP contribution in [-0.2, 0) is 21.0 Å². The van der Waals surface area contributed by atoms with Gasteiger partial charge in [0.25, 0.3) is 0 Å². The topological polar surface area (TPSA) is 51.7 Å². The largest absolute Gasteiger partial charge is 0.365 e. The van der Waals surface area contributed by atoms with Crippen LogP contribution in [0.5, 0.6) is 0 Å². The average Bonchev–Trinajstić information content (AvgIpc) is 2.74. The fraction of sp³-hybridized carbons (Fsp3) is 0.500. The number of rotatable bonds is 7. The monoisotopic (exact) mass is 430 g/mol. The number of hydroxylamine groups is 2. The van der Waals surface area contributed by atoms with Gasteiger partial charge in [-0.2, -0.15) is 0 Å². The third-order valence-corrected chi connectivity index (χ3v) is 6.28. The molecule has 1 aliphatic rings. The molecule has 0 radical (unpaired) electrons. The Morgan fingerprint density at radius 1 is 1.23 bits per heavy atom. The van der Waals surface area contributed by atoms with Crippen molar-refractivity contribution in [2.75, 3.05) is 6.54 Å². The van der Waals surface area contributed by atoms with E-state index in [0.29, 0.717) is 18.2 Å². The van der Waals surface area contributed by atoms with Gasteiger partial charge in [-0.1, -0.05) is 43.6 Å². The quantitative estimate of drug-likeness (QED) is 0.549. The Kier molecular flexibility index (Phi) is 7.50. The number of carbonyl (C=O) groups is 1. The lowest BCUT2D eigenvalue weighted by molar-refractivity contribution is -0.264. The van der Waals surface area contributed by atoms with Crippen molar-refractivity contribution in [1.29, 1.82) is 0 Å². The van der Waals surface area contributed by atoms with Crippen LogP contribution in [-0.4, -0.2) is 28.8 Å². The van der Waals surface area contributed by atoms with Gasteiger partial charge in [0.05, 0.1) is 17.7 Å². The summed E-state index contributed by atoms with van der Waals surface area (Å²) < 4.78 is 6.20. The number of halogens is 1. The smallest absolute Gasteiger partial charge is 0.330 e. The molecule has 30 heavy (non-hydrogen) atoms. The van der Waals surface area contributed by atoms with Gasteiger partial charge in [0.15, 0.2) is 0 Å². The fourth-order valence-corrected chi connectivity index (χ4v) is 3.35. The van der Waals surface area contributed by atoms with Crippen LogP contribution in [0.1, 0.15) is 52.7 Å². The molecule has 5 nitrogen and oxygen atoms in total. The van der Waals surface area contributed by atoms with Gasteiger partial charge in [0.2, 0.25) is 0 Å². The summed E-state index contributed by atoms with van der Waals surface area (Å²) in [5.41, 5.74) is 2.34. The number of hydrogen-bond acceptors (Lipinski definition) is 5. The highest BCUT2D eigenvalue weighted by Gasteiger charge is 2.36. The Morgan fingerprint density at radius 2 is 1.97 bits per heavy atom. The van der Waals surface area contributed by atoms with Gasteiger partial charge in [-0.15, -0.1) is 5.06 Å². The molecular weight excluding hydrogens is 400 g/mol. The Morgan fingerprint density at radius 3 is 2.67 bits per heavy atom. The molecule has 1 fully saturated rings. The van der Waals surface area contributed by atoms with Crippen LogP contribution in [0.3, 0.4) is 0 Å². The molecule has 0 amide bonds. The minimum atomic E-state index is -0.551. The van der Waals surface area contributed by atoms with Crippen LogP contribution in [0.25, 0.3) is 11.1 Å². The van der Waals surface area contributed by atoms with Crippen molar-refractivity contribution in [3.8, 4) is 11.1 Å². The molecule has 162 valence electrons. The molecule has 0 bridgehead atoms. The van der Waals surface area contributed by atoms with E-state index in [4.69, 9.17) is 21.2 Å². The molecule has 0 spiro atoms. The van der Waals surface area contributed by atoms with E-state index in [1.54, 1.807) is 11.3 Å². The minimum absolute atomic E-state index is 0.185. The Hall–Kier alpha value is -1.95.